The van der Waals surface area contributed by atoms with E-state index in [2.05, 4.69) is 15.5 Å². The van der Waals surface area contributed by atoms with Gasteiger partial charge < -0.3 is 9.84 Å². The molecule has 0 saturated heterocycles. The van der Waals surface area contributed by atoms with Crippen molar-refractivity contribution in [3.63, 3.8) is 0 Å². The van der Waals surface area contributed by atoms with Crippen molar-refractivity contribution in [2.75, 3.05) is 5.32 Å². The second-order valence-electron chi connectivity index (χ2n) is 5.01. The van der Waals surface area contributed by atoms with Gasteiger partial charge >= 0.3 is 0 Å². The molecule has 0 aliphatic heterocycles. The first-order valence-corrected chi connectivity index (χ1v) is 7.09. The molecule has 8 heteroatoms. The Kier molecular flexibility index (Phi) is 4.19. The normalized spacial score (nSPS) is 10.6. The Hall–Kier alpha value is -3.29. The van der Waals surface area contributed by atoms with E-state index < -0.39 is 17.3 Å². The summed E-state index contributed by atoms with van der Waals surface area (Å²) in [6, 6.07) is 10.2. The molecule has 0 bridgehead atoms. The molecule has 7 nitrogen and oxygen atoms in total. The topological polar surface area (TPSA) is 90.0 Å². The van der Waals surface area contributed by atoms with Crippen LogP contribution in [0.4, 0.5) is 10.1 Å². The van der Waals surface area contributed by atoms with Crippen LogP contribution in [0, 0.1) is 12.7 Å². The third-order valence-electron chi connectivity index (χ3n) is 3.25. The summed E-state index contributed by atoms with van der Waals surface area (Å²) in [6.45, 7) is 1.33. The van der Waals surface area contributed by atoms with E-state index in [-0.39, 0.29) is 18.1 Å². The molecule has 3 aromatic rings. The summed E-state index contributed by atoms with van der Waals surface area (Å²) in [5, 5.41) is 6.10. The van der Waals surface area contributed by atoms with Crippen LogP contribution in [0.25, 0.3) is 11.6 Å². The van der Waals surface area contributed by atoms with Gasteiger partial charge in [0.25, 0.3) is 11.4 Å². The Balaban J connectivity index is 1.89. The van der Waals surface area contributed by atoms with Crippen molar-refractivity contribution in [2.24, 2.45) is 0 Å². The summed E-state index contributed by atoms with van der Waals surface area (Å²) in [7, 11) is 0. The van der Waals surface area contributed by atoms with Gasteiger partial charge in [0.15, 0.2) is 5.82 Å². The van der Waals surface area contributed by atoms with E-state index in [0.29, 0.717) is 11.5 Å². The second kappa shape index (κ2) is 6.45. The van der Waals surface area contributed by atoms with Gasteiger partial charge in [-0.2, -0.15) is 4.98 Å². The Morgan fingerprint density at radius 1 is 1.25 bits per heavy atom. The van der Waals surface area contributed by atoms with E-state index in [4.69, 9.17) is 4.52 Å². The van der Waals surface area contributed by atoms with E-state index >= 15 is 0 Å². The molecule has 0 spiro atoms. The van der Waals surface area contributed by atoms with Gasteiger partial charge in [-0.25, -0.2) is 4.39 Å². The lowest BCUT2D eigenvalue weighted by molar-refractivity contribution is -0.116. The van der Waals surface area contributed by atoms with Crippen LogP contribution in [-0.2, 0) is 11.3 Å². The summed E-state index contributed by atoms with van der Waals surface area (Å²) >= 11 is 0. The lowest BCUT2D eigenvalue weighted by atomic mass is 10.3. The van der Waals surface area contributed by atoms with Crippen molar-refractivity contribution in [1.29, 1.82) is 0 Å². The number of hydrogen-bond donors (Lipinski definition) is 1. The molecule has 0 radical (unpaired) electrons. The van der Waals surface area contributed by atoms with Gasteiger partial charge in [-0.05, 0) is 25.1 Å². The fourth-order valence-electron chi connectivity index (χ4n) is 2.17. The van der Waals surface area contributed by atoms with Crippen LogP contribution in [0.3, 0.4) is 0 Å². The molecule has 0 fully saturated rings. The number of pyridine rings is 1. The molecule has 0 aliphatic carbocycles. The van der Waals surface area contributed by atoms with Crippen molar-refractivity contribution >= 4 is 11.6 Å². The highest BCUT2D eigenvalue weighted by atomic mass is 19.1. The van der Waals surface area contributed by atoms with Crippen LogP contribution < -0.4 is 10.9 Å². The van der Waals surface area contributed by atoms with E-state index in [0.717, 1.165) is 0 Å². The molecule has 0 atom stereocenters. The highest BCUT2D eigenvalue weighted by Gasteiger charge is 2.15. The lowest BCUT2D eigenvalue weighted by Crippen LogP contribution is -2.28. The number of aromatic nitrogens is 3. The molecular formula is C16H13FN4O3. The molecular weight excluding hydrogens is 315 g/mol. The number of rotatable bonds is 4. The zero-order valence-electron chi connectivity index (χ0n) is 12.7. The first-order chi connectivity index (χ1) is 11.5. The van der Waals surface area contributed by atoms with E-state index in [9.17, 15) is 14.0 Å². The predicted molar refractivity (Wildman–Crippen MR) is 83.8 cm³/mol. The highest BCUT2D eigenvalue weighted by molar-refractivity contribution is 5.90. The Bertz CT molecular complexity index is 948. The largest absolute Gasteiger partial charge is 0.332 e. The van der Waals surface area contributed by atoms with Crippen molar-refractivity contribution in [2.45, 2.75) is 13.5 Å². The minimum Gasteiger partial charge on any atom is -0.332 e. The molecule has 1 amide bonds. The lowest BCUT2D eigenvalue weighted by Gasteiger charge is -2.10. The Morgan fingerprint density at radius 3 is 2.75 bits per heavy atom. The van der Waals surface area contributed by atoms with Crippen LogP contribution in [0.5, 0.6) is 0 Å². The number of anilines is 1. The average Bonchev–Trinajstić information content (AvgIpc) is 2.98. The fraction of sp³-hybridized carbons (Fsp3) is 0.125. The molecule has 1 aromatic carbocycles. The zero-order valence-corrected chi connectivity index (χ0v) is 12.7. The number of hydrogen-bond acceptors (Lipinski definition) is 5. The van der Waals surface area contributed by atoms with E-state index in [1.54, 1.807) is 19.1 Å². The molecule has 0 saturated carbocycles. The summed E-state index contributed by atoms with van der Waals surface area (Å²) in [5.74, 6) is -0.572. The molecule has 24 heavy (non-hydrogen) atoms. The summed E-state index contributed by atoms with van der Waals surface area (Å²) in [6.07, 6.45) is 0. The number of benzene rings is 1. The number of para-hydroxylation sites is 1. The van der Waals surface area contributed by atoms with Crippen LogP contribution in [0.1, 0.15) is 5.82 Å². The quantitative estimate of drug-likeness (QED) is 0.791. The number of amides is 1. The summed E-state index contributed by atoms with van der Waals surface area (Å²) < 4.78 is 19.8. The smallest absolute Gasteiger partial charge is 0.274 e. The maximum atomic E-state index is 13.6. The van der Waals surface area contributed by atoms with Gasteiger partial charge in [-0.1, -0.05) is 23.4 Å². The number of aryl methyl sites for hydroxylation is 1. The Labute approximate surface area is 135 Å². The minimum atomic E-state index is -0.556. The molecule has 122 valence electrons. The van der Waals surface area contributed by atoms with Gasteiger partial charge in [0, 0.05) is 6.07 Å². The standard InChI is InChI=1S/C16H13FN4O3/c1-10-18-16(24-20-10)13-7-4-8-15(23)21(13)9-14(22)19-12-6-3-2-5-11(12)17/h2-8H,9H2,1H3,(H,19,22). The monoisotopic (exact) mass is 328 g/mol. The molecule has 0 unspecified atom stereocenters. The number of nitrogens with one attached hydrogen (secondary N) is 1. The average molecular weight is 328 g/mol. The summed E-state index contributed by atoms with van der Waals surface area (Å²) in [5.41, 5.74) is -0.0551. The van der Waals surface area contributed by atoms with Crippen LogP contribution in [0.2, 0.25) is 0 Å². The van der Waals surface area contributed by atoms with Gasteiger partial charge in [0.1, 0.15) is 18.1 Å². The minimum absolute atomic E-state index is 0.0432. The number of halogens is 1. The van der Waals surface area contributed by atoms with Gasteiger partial charge in [-0.3, -0.25) is 14.2 Å². The van der Waals surface area contributed by atoms with Gasteiger partial charge in [0.2, 0.25) is 5.91 Å². The van der Waals surface area contributed by atoms with E-state index in [1.165, 1.54) is 34.9 Å². The molecule has 1 N–H and O–H groups in total. The molecule has 2 aromatic heterocycles. The van der Waals surface area contributed by atoms with Gasteiger partial charge in [-0.15, -0.1) is 0 Å². The summed E-state index contributed by atoms with van der Waals surface area (Å²) in [4.78, 5) is 28.3. The van der Waals surface area contributed by atoms with Crippen LogP contribution in [-0.4, -0.2) is 20.6 Å². The number of nitrogens with zero attached hydrogens (tertiary/aromatic N) is 3. The van der Waals surface area contributed by atoms with Crippen molar-refractivity contribution in [3.8, 4) is 11.6 Å². The van der Waals surface area contributed by atoms with Crippen molar-refractivity contribution in [3.05, 3.63) is 64.5 Å². The van der Waals surface area contributed by atoms with E-state index in [1.807, 2.05) is 0 Å². The predicted octanol–water partition coefficient (Wildman–Crippen LogP) is 1.98. The second-order valence-corrected chi connectivity index (χ2v) is 5.01. The third-order valence-corrected chi connectivity index (χ3v) is 3.25. The number of carbonyl (C=O) groups excluding carboxylic acids is 1. The molecule has 2 heterocycles. The molecule has 0 aliphatic rings. The van der Waals surface area contributed by atoms with Crippen molar-refractivity contribution < 1.29 is 13.7 Å². The fourth-order valence-corrected chi connectivity index (χ4v) is 2.17. The third kappa shape index (κ3) is 3.22. The molecule has 3 rings (SSSR count). The Morgan fingerprint density at radius 2 is 2.04 bits per heavy atom. The van der Waals surface area contributed by atoms with Crippen molar-refractivity contribution in [1.82, 2.24) is 14.7 Å². The van der Waals surface area contributed by atoms with Crippen LogP contribution >= 0.6 is 0 Å². The first kappa shape index (κ1) is 15.6. The zero-order chi connectivity index (χ0) is 17.1. The maximum absolute atomic E-state index is 13.6. The van der Waals surface area contributed by atoms with Gasteiger partial charge in [0.05, 0.1) is 5.69 Å². The SMILES string of the molecule is Cc1noc(-c2cccc(=O)n2CC(=O)Nc2ccccc2F)n1. The highest BCUT2D eigenvalue weighted by Crippen LogP contribution is 2.16. The first-order valence-electron chi connectivity index (χ1n) is 7.09. The number of carbonyl (C=O) groups is 1. The maximum Gasteiger partial charge on any atom is 0.274 e. The van der Waals surface area contributed by atoms with Crippen LogP contribution in [0.15, 0.2) is 51.8 Å².